The Morgan fingerprint density at radius 1 is 1.24 bits per heavy atom. The van der Waals surface area contributed by atoms with Gasteiger partial charge in [0.25, 0.3) is 0 Å². The van der Waals surface area contributed by atoms with Gasteiger partial charge in [-0.15, -0.1) is 0 Å². The summed E-state index contributed by atoms with van der Waals surface area (Å²) in [7, 11) is 0. The zero-order valence-corrected chi connectivity index (χ0v) is 12.0. The second kappa shape index (κ2) is 7.38. The predicted octanol–water partition coefficient (Wildman–Crippen LogP) is 3.20. The molecule has 2 N–H and O–H groups in total. The van der Waals surface area contributed by atoms with Gasteiger partial charge in [0.1, 0.15) is 0 Å². The molecule has 1 aliphatic carbocycles. The van der Waals surface area contributed by atoms with Crippen molar-refractivity contribution in [1.29, 1.82) is 0 Å². The molecule has 0 aliphatic heterocycles. The highest BCUT2D eigenvalue weighted by atomic mass is 16.3. The van der Waals surface area contributed by atoms with E-state index in [0.717, 1.165) is 37.8 Å². The molecule has 0 radical (unpaired) electrons. The van der Waals surface area contributed by atoms with Gasteiger partial charge in [0.15, 0.2) is 0 Å². The predicted molar refractivity (Wildman–Crippen MR) is 74.1 cm³/mol. The minimum atomic E-state index is 0.111. The molecule has 0 aromatic heterocycles. The number of nitrogens with one attached hydrogen (secondary N) is 1. The third-order valence-corrected chi connectivity index (χ3v) is 4.81. The Kier molecular flexibility index (Phi) is 6.50. The summed E-state index contributed by atoms with van der Waals surface area (Å²) >= 11 is 0. The average molecular weight is 241 g/mol. The molecule has 0 aromatic rings. The van der Waals surface area contributed by atoms with Gasteiger partial charge < -0.3 is 10.4 Å². The first kappa shape index (κ1) is 15.0. The first-order chi connectivity index (χ1) is 8.15. The van der Waals surface area contributed by atoms with Crippen LogP contribution < -0.4 is 5.32 Å². The Hall–Kier alpha value is -0.0800. The van der Waals surface area contributed by atoms with Crippen LogP contribution in [-0.4, -0.2) is 24.8 Å². The molecule has 2 heteroatoms. The fourth-order valence-electron chi connectivity index (χ4n) is 3.07. The molecular weight excluding hydrogens is 210 g/mol. The minimum Gasteiger partial charge on any atom is -0.396 e. The molecule has 2 atom stereocenters. The van der Waals surface area contributed by atoms with Crippen LogP contribution in [-0.2, 0) is 0 Å². The van der Waals surface area contributed by atoms with Crippen molar-refractivity contribution in [2.45, 2.75) is 59.3 Å². The summed E-state index contributed by atoms with van der Waals surface area (Å²) in [4.78, 5) is 0. The second-order valence-electron chi connectivity index (χ2n) is 6.13. The highest BCUT2D eigenvalue weighted by molar-refractivity contribution is 4.80. The maximum Gasteiger partial charge on any atom is 0.0499 e. The van der Waals surface area contributed by atoms with Gasteiger partial charge in [0, 0.05) is 18.6 Å². The van der Waals surface area contributed by atoms with Crippen molar-refractivity contribution >= 4 is 0 Å². The van der Waals surface area contributed by atoms with E-state index in [0.29, 0.717) is 6.61 Å². The van der Waals surface area contributed by atoms with Gasteiger partial charge >= 0.3 is 0 Å². The lowest BCUT2D eigenvalue weighted by atomic mass is 9.81. The fourth-order valence-corrected chi connectivity index (χ4v) is 3.07. The normalized spacial score (nSPS) is 26.1. The number of rotatable bonds is 7. The molecule has 0 saturated heterocycles. The maximum atomic E-state index is 9.52. The van der Waals surface area contributed by atoms with Gasteiger partial charge in [-0.05, 0) is 44.1 Å². The molecule has 0 amide bonds. The maximum absolute atomic E-state index is 9.52. The lowest BCUT2D eigenvalue weighted by molar-refractivity contribution is 0.110. The van der Waals surface area contributed by atoms with Crippen molar-refractivity contribution in [3.63, 3.8) is 0 Å². The van der Waals surface area contributed by atoms with Crippen molar-refractivity contribution in [2.75, 3.05) is 19.7 Å². The van der Waals surface area contributed by atoms with E-state index in [1.807, 2.05) is 0 Å². The summed E-state index contributed by atoms with van der Waals surface area (Å²) in [5, 5.41) is 13.1. The van der Waals surface area contributed by atoms with E-state index in [9.17, 15) is 5.11 Å². The molecule has 1 saturated carbocycles. The topological polar surface area (TPSA) is 32.3 Å². The van der Waals surface area contributed by atoms with Gasteiger partial charge in [0.2, 0.25) is 0 Å². The molecule has 2 nitrogen and oxygen atoms in total. The number of aliphatic hydroxyl groups excluding tert-OH is 1. The van der Waals surface area contributed by atoms with E-state index < -0.39 is 0 Å². The number of hydrogen-bond donors (Lipinski definition) is 2. The van der Waals surface area contributed by atoms with E-state index >= 15 is 0 Å². The fraction of sp³-hybridized carbons (Fsp3) is 1.00. The van der Waals surface area contributed by atoms with Crippen LogP contribution in [0.2, 0.25) is 0 Å². The highest BCUT2D eigenvalue weighted by Gasteiger charge is 2.25. The van der Waals surface area contributed by atoms with Gasteiger partial charge in [-0.1, -0.05) is 33.6 Å². The molecule has 1 rings (SSSR count). The van der Waals surface area contributed by atoms with Crippen LogP contribution in [0.15, 0.2) is 0 Å². The summed E-state index contributed by atoms with van der Waals surface area (Å²) in [5.41, 5.74) is 0.111. The Balaban J connectivity index is 2.26. The summed E-state index contributed by atoms with van der Waals surface area (Å²) in [5.74, 6) is 1.78. The summed E-state index contributed by atoms with van der Waals surface area (Å²) in [6.45, 7) is 9.18. The van der Waals surface area contributed by atoms with E-state index in [4.69, 9.17) is 0 Å². The third-order valence-electron chi connectivity index (χ3n) is 4.81. The van der Waals surface area contributed by atoms with E-state index in [2.05, 4.69) is 26.1 Å². The van der Waals surface area contributed by atoms with Gasteiger partial charge in [-0.3, -0.25) is 0 Å². The molecular formula is C15H31NO. The lowest BCUT2D eigenvalue weighted by Gasteiger charge is -2.32. The van der Waals surface area contributed by atoms with Crippen molar-refractivity contribution in [3.05, 3.63) is 0 Å². The Morgan fingerprint density at radius 3 is 2.47 bits per heavy atom. The van der Waals surface area contributed by atoms with Crippen LogP contribution in [0, 0.1) is 17.3 Å². The van der Waals surface area contributed by atoms with Gasteiger partial charge in [0.05, 0.1) is 0 Å². The average Bonchev–Trinajstić information content (AvgIpc) is 2.35. The lowest BCUT2D eigenvalue weighted by Crippen LogP contribution is -2.39. The Bertz CT molecular complexity index is 193. The molecule has 1 fully saturated rings. The van der Waals surface area contributed by atoms with Gasteiger partial charge in [-0.2, -0.15) is 0 Å². The zero-order chi connectivity index (χ0) is 12.7. The number of aliphatic hydroxyl groups is 1. The van der Waals surface area contributed by atoms with Crippen molar-refractivity contribution in [1.82, 2.24) is 5.32 Å². The molecule has 17 heavy (non-hydrogen) atoms. The molecule has 0 spiro atoms. The minimum absolute atomic E-state index is 0.111. The van der Waals surface area contributed by atoms with Crippen LogP contribution in [0.1, 0.15) is 59.3 Å². The Labute approximate surface area is 107 Å². The summed E-state index contributed by atoms with van der Waals surface area (Å²) in [6.07, 6.45) is 7.72. The van der Waals surface area contributed by atoms with Crippen LogP contribution in [0.5, 0.6) is 0 Å². The zero-order valence-electron chi connectivity index (χ0n) is 12.0. The Morgan fingerprint density at radius 2 is 1.94 bits per heavy atom. The van der Waals surface area contributed by atoms with E-state index in [1.54, 1.807) is 0 Å². The second-order valence-corrected chi connectivity index (χ2v) is 6.13. The molecule has 1 aliphatic rings. The molecule has 0 aromatic carbocycles. The molecule has 102 valence electrons. The SMILES string of the molecule is CCC(CC)(CO)CNCC1CCCC(C)C1. The largest absolute Gasteiger partial charge is 0.396 e. The smallest absolute Gasteiger partial charge is 0.0499 e. The van der Waals surface area contributed by atoms with E-state index in [-0.39, 0.29) is 5.41 Å². The standard InChI is InChI=1S/C15H31NO/c1-4-15(5-2,12-17)11-16-10-14-8-6-7-13(3)9-14/h13-14,16-17H,4-12H2,1-3H3. The monoisotopic (exact) mass is 241 g/mol. The quantitative estimate of drug-likeness (QED) is 0.717. The summed E-state index contributed by atoms with van der Waals surface area (Å²) in [6, 6.07) is 0. The molecule has 0 bridgehead atoms. The van der Waals surface area contributed by atoms with Crippen molar-refractivity contribution in [3.8, 4) is 0 Å². The third kappa shape index (κ3) is 4.59. The van der Waals surface area contributed by atoms with Crippen molar-refractivity contribution < 1.29 is 5.11 Å². The van der Waals surface area contributed by atoms with Crippen LogP contribution >= 0.6 is 0 Å². The number of hydrogen-bond acceptors (Lipinski definition) is 2. The van der Waals surface area contributed by atoms with Crippen LogP contribution in [0.3, 0.4) is 0 Å². The van der Waals surface area contributed by atoms with E-state index in [1.165, 1.54) is 25.7 Å². The first-order valence-corrected chi connectivity index (χ1v) is 7.47. The van der Waals surface area contributed by atoms with Crippen LogP contribution in [0.25, 0.3) is 0 Å². The van der Waals surface area contributed by atoms with Gasteiger partial charge in [-0.25, -0.2) is 0 Å². The first-order valence-electron chi connectivity index (χ1n) is 7.47. The molecule has 2 unspecified atom stereocenters. The van der Waals surface area contributed by atoms with Crippen LogP contribution in [0.4, 0.5) is 0 Å². The summed E-state index contributed by atoms with van der Waals surface area (Å²) < 4.78 is 0. The molecule has 0 heterocycles. The van der Waals surface area contributed by atoms with Crippen molar-refractivity contribution in [2.24, 2.45) is 17.3 Å². The highest BCUT2D eigenvalue weighted by Crippen LogP contribution is 2.29.